The SMILES string of the molecule is CC(NC(=O)c1cc2ccccc2[nH]1)c1ccc(C(=O)NO)cc1. The lowest BCUT2D eigenvalue weighted by molar-refractivity contribution is 0.0706. The first-order valence-corrected chi connectivity index (χ1v) is 7.51. The molecular formula is C18H17N3O3. The van der Waals surface area contributed by atoms with E-state index in [1.54, 1.807) is 29.7 Å². The number of amides is 2. The molecule has 1 heterocycles. The zero-order chi connectivity index (χ0) is 17.1. The van der Waals surface area contributed by atoms with Crippen LogP contribution in [0.4, 0.5) is 0 Å². The van der Waals surface area contributed by atoms with Gasteiger partial charge in [0.1, 0.15) is 5.69 Å². The summed E-state index contributed by atoms with van der Waals surface area (Å²) in [5.74, 6) is -0.771. The van der Waals surface area contributed by atoms with Gasteiger partial charge in [-0.1, -0.05) is 30.3 Å². The maximum Gasteiger partial charge on any atom is 0.274 e. The minimum atomic E-state index is -0.573. The van der Waals surface area contributed by atoms with Gasteiger partial charge in [0, 0.05) is 16.5 Å². The molecule has 0 radical (unpaired) electrons. The maximum atomic E-state index is 12.4. The van der Waals surface area contributed by atoms with E-state index >= 15 is 0 Å². The highest BCUT2D eigenvalue weighted by Gasteiger charge is 2.14. The van der Waals surface area contributed by atoms with Crippen molar-refractivity contribution in [2.75, 3.05) is 0 Å². The molecule has 0 fully saturated rings. The lowest BCUT2D eigenvalue weighted by atomic mass is 10.1. The normalized spacial score (nSPS) is 11.9. The van der Waals surface area contributed by atoms with Gasteiger partial charge in [-0.25, -0.2) is 5.48 Å². The van der Waals surface area contributed by atoms with Gasteiger partial charge < -0.3 is 10.3 Å². The molecule has 4 N–H and O–H groups in total. The number of rotatable bonds is 4. The third-order valence-corrected chi connectivity index (χ3v) is 3.90. The van der Waals surface area contributed by atoms with Crippen molar-refractivity contribution in [3.63, 3.8) is 0 Å². The molecule has 0 aliphatic rings. The van der Waals surface area contributed by atoms with Crippen molar-refractivity contribution in [1.82, 2.24) is 15.8 Å². The molecular weight excluding hydrogens is 306 g/mol. The van der Waals surface area contributed by atoms with Gasteiger partial charge in [0.15, 0.2) is 0 Å². The number of para-hydroxylation sites is 1. The largest absolute Gasteiger partial charge is 0.351 e. The third-order valence-electron chi connectivity index (χ3n) is 3.90. The van der Waals surface area contributed by atoms with E-state index in [1.807, 2.05) is 37.3 Å². The first kappa shape index (κ1) is 15.8. The summed E-state index contributed by atoms with van der Waals surface area (Å²) >= 11 is 0. The number of H-pyrrole nitrogens is 1. The van der Waals surface area contributed by atoms with Crippen LogP contribution in [0.3, 0.4) is 0 Å². The van der Waals surface area contributed by atoms with Crippen molar-refractivity contribution < 1.29 is 14.8 Å². The minimum Gasteiger partial charge on any atom is -0.351 e. The molecule has 1 unspecified atom stereocenters. The Bertz CT molecular complexity index is 851. The molecule has 24 heavy (non-hydrogen) atoms. The molecule has 3 rings (SSSR count). The van der Waals surface area contributed by atoms with Crippen LogP contribution < -0.4 is 10.8 Å². The van der Waals surface area contributed by atoms with Gasteiger partial charge in [-0.15, -0.1) is 0 Å². The zero-order valence-corrected chi connectivity index (χ0v) is 13.0. The zero-order valence-electron chi connectivity index (χ0n) is 13.0. The molecule has 2 aromatic carbocycles. The Kier molecular flexibility index (Phi) is 4.31. The molecule has 0 aliphatic heterocycles. The minimum absolute atomic E-state index is 0.198. The Hall–Kier alpha value is -3.12. The number of carbonyl (C=O) groups excluding carboxylic acids is 2. The third kappa shape index (κ3) is 3.13. The summed E-state index contributed by atoms with van der Waals surface area (Å²) in [6.07, 6.45) is 0. The molecule has 1 aromatic heterocycles. The van der Waals surface area contributed by atoms with Crippen molar-refractivity contribution >= 4 is 22.7 Å². The number of carbonyl (C=O) groups is 2. The van der Waals surface area contributed by atoms with Crippen LogP contribution in [0, 0.1) is 0 Å². The van der Waals surface area contributed by atoms with Crippen LogP contribution in [-0.4, -0.2) is 22.0 Å². The molecule has 0 saturated carbocycles. The second kappa shape index (κ2) is 6.55. The Balaban J connectivity index is 1.72. The van der Waals surface area contributed by atoms with Gasteiger partial charge in [-0.3, -0.25) is 14.8 Å². The number of nitrogens with one attached hydrogen (secondary N) is 3. The fraction of sp³-hybridized carbons (Fsp3) is 0.111. The van der Waals surface area contributed by atoms with Crippen LogP contribution in [0.25, 0.3) is 10.9 Å². The Morgan fingerprint density at radius 3 is 2.42 bits per heavy atom. The van der Waals surface area contributed by atoms with E-state index in [2.05, 4.69) is 10.3 Å². The number of aromatic nitrogens is 1. The smallest absolute Gasteiger partial charge is 0.274 e. The van der Waals surface area contributed by atoms with E-state index < -0.39 is 5.91 Å². The molecule has 6 nitrogen and oxygen atoms in total. The monoisotopic (exact) mass is 323 g/mol. The van der Waals surface area contributed by atoms with Crippen molar-refractivity contribution in [2.24, 2.45) is 0 Å². The lowest BCUT2D eigenvalue weighted by Crippen LogP contribution is -2.27. The van der Waals surface area contributed by atoms with E-state index in [0.717, 1.165) is 16.5 Å². The highest BCUT2D eigenvalue weighted by atomic mass is 16.5. The summed E-state index contributed by atoms with van der Waals surface area (Å²) in [5, 5.41) is 12.5. The quantitative estimate of drug-likeness (QED) is 0.439. The maximum absolute atomic E-state index is 12.4. The van der Waals surface area contributed by atoms with Gasteiger partial charge in [0.25, 0.3) is 11.8 Å². The fourth-order valence-electron chi connectivity index (χ4n) is 2.54. The van der Waals surface area contributed by atoms with E-state index in [-0.39, 0.29) is 11.9 Å². The van der Waals surface area contributed by atoms with Crippen molar-refractivity contribution in [1.29, 1.82) is 0 Å². The second-order valence-corrected chi connectivity index (χ2v) is 5.53. The fourth-order valence-corrected chi connectivity index (χ4v) is 2.54. The molecule has 6 heteroatoms. The Morgan fingerprint density at radius 1 is 1.04 bits per heavy atom. The highest BCUT2D eigenvalue weighted by Crippen LogP contribution is 2.17. The molecule has 0 aliphatic carbocycles. The van der Waals surface area contributed by atoms with E-state index in [4.69, 9.17) is 5.21 Å². The highest BCUT2D eigenvalue weighted by molar-refractivity contribution is 5.98. The number of aromatic amines is 1. The average Bonchev–Trinajstić information content (AvgIpc) is 3.05. The van der Waals surface area contributed by atoms with Gasteiger partial charge in [-0.2, -0.15) is 0 Å². The molecule has 0 saturated heterocycles. The first-order chi connectivity index (χ1) is 11.6. The molecule has 3 aromatic rings. The first-order valence-electron chi connectivity index (χ1n) is 7.51. The van der Waals surface area contributed by atoms with Gasteiger partial charge >= 0.3 is 0 Å². The predicted molar refractivity (Wildman–Crippen MR) is 89.9 cm³/mol. The van der Waals surface area contributed by atoms with Crippen molar-refractivity contribution in [2.45, 2.75) is 13.0 Å². The van der Waals surface area contributed by atoms with Crippen molar-refractivity contribution in [3.8, 4) is 0 Å². The summed E-state index contributed by atoms with van der Waals surface area (Å²) in [7, 11) is 0. The Morgan fingerprint density at radius 2 is 1.75 bits per heavy atom. The molecule has 2 amide bonds. The van der Waals surface area contributed by atoms with Gasteiger partial charge in [0.05, 0.1) is 6.04 Å². The number of benzene rings is 2. The Labute approximate surface area is 138 Å². The summed E-state index contributed by atoms with van der Waals surface area (Å²) in [6, 6.07) is 15.9. The van der Waals surface area contributed by atoms with Gasteiger partial charge in [0.2, 0.25) is 0 Å². The van der Waals surface area contributed by atoms with Crippen LogP contribution in [-0.2, 0) is 0 Å². The van der Waals surface area contributed by atoms with Crippen LogP contribution >= 0.6 is 0 Å². The number of hydrogen-bond donors (Lipinski definition) is 4. The number of fused-ring (bicyclic) bond motifs is 1. The van der Waals surface area contributed by atoms with Crippen LogP contribution in [0.1, 0.15) is 39.4 Å². The van der Waals surface area contributed by atoms with Crippen LogP contribution in [0.15, 0.2) is 54.6 Å². The summed E-state index contributed by atoms with van der Waals surface area (Å²) in [4.78, 5) is 26.8. The van der Waals surface area contributed by atoms with Gasteiger partial charge in [-0.05, 0) is 36.8 Å². The summed E-state index contributed by atoms with van der Waals surface area (Å²) < 4.78 is 0. The van der Waals surface area contributed by atoms with Crippen LogP contribution in [0.2, 0.25) is 0 Å². The number of hydroxylamine groups is 1. The lowest BCUT2D eigenvalue weighted by Gasteiger charge is -2.14. The van der Waals surface area contributed by atoms with E-state index in [0.29, 0.717) is 11.3 Å². The molecule has 122 valence electrons. The van der Waals surface area contributed by atoms with Crippen LogP contribution in [0.5, 0.6) is 0 Å². The molecule has 0 spiro atoms. The predicted octanol–water partition coefficient (Wildman–Crippen LogP) is 2.78. The molecule has 1 atom stereocenters. The van der Waals surface area contributed by atoms with E-state index in [9.17, 15) is 9.59 Å². The van der Waals surface area contributed by atoms with E-state index in [1.165, 1.54) is 0 Å². The van der Waals surface area contributed by atoms with Crippen molar-refractivity contribution in [3.05, 3.63) is 71.4 Å². The number of hydrogen-bond acceptors (Lipinski definition) is 3. The standard InChI is InChI=1S/C18H17N3O3/c1-11(12-6-8-13(9-7-12)17(22)21-24)19-18(23)16-10-14-4-2-3-5-15(14)20-16/h2-11,20,24H,1H3,(H,19,23)(H,21,22). The topological polar surface area (TPSA) is 94.2 Å². The summed E-state index contributed by atoms with van der Waals surface area (Å²) in [5.41, 5.74) is 4.19. The average molecular weight is 323 g/mol. The summed E-state index contributed by atoms with van der Waals surface area (Å²) in [6.45, 7) is 1.86. The molecule has 0 bridgehead atoms. The second-order valence-electron chi connectivity index (χ2n) is 5.53.